The molecule has 0 unspecified atom stereocenters. The summed E-state index contributed by atoms with van der Waals surface area (Å²) in [5, 5.41) is 42.1. The highest BCUT2D eigenvalue weighted by atomic mass is 28.4. The maximum atomic E-state index is 12.5. The fraction of sp³-hybridized carbons (Fsp3) is 0.750. The summed E-state index contributed by atoms with van der Waals surface area (Å²) in [5.41, 5.74) is 1.68. The molecule has 10 rings (SSSR count). The van der Waals surface area contributed by atoms with Gasteiger partial charge < -0.3 is 62.7 Å². The van der Waals surface area contributed by atoms with E-state index in [-0.39, 0.29) is 87.0 Å². The van der Waals surface area contributed by atoms with Gasteiger partial charge in [0.15, 0.2) is 25.0 Å². The van der Waals surface area contributed by atoms with Crippen molar-refractivity contribution in [2.75, 3.05) is 52.7 Å². The van der Waals surface area contributed by atoms with Crippen LogP contribution in [0.2, 0.25) is 54.4 Å². The monoisotopic (exact) mass is 1880 g/mol. The van der Waals surface area contributed by atoms with Crippen molar-refractivity contribution in [2.45, 2.75) is 414 Å². The summed E-state index contributed by atoms with van der Waals surface area (Å²) in [6.07, 6.45) is 37.8. The number of imide groups is 2. The first-order valence-corrected chi connectivity index (χ1v) is 58.4. The first-order valence-electron chi connectivity index (χ1n) is 49.7. The summed E-state index contributed by atoms with van der Waals surface area (Å²) in [5.74, 6) is 0.266. The van der Waals surface area contributed by atoms with Gasteiger partial charge in [-0.05, 0) is 260 Å². The number of nitrogens with one attached hydrogen (secondary N) is 1. The normalized spacial score (nSPS) is 23.4. The fourth-order valence-electron chi connectivity index (χ4n) is 16.5. The molecule has 744 valence electrons. The molecule has 2 aromatic rings. The number of fused-ring (bicyclic) bond motifs is 2. The van der Waals surface area contributed by atoms with Crippen LogP contribution in [-0.2, 0) is 51.3 Å². The van der Waals surface area contributed by atoms with Gasteiger partial charge in [0.1, 0.15) is 5.60 Å². The summed E-state index contributed by atoms with van der Waals surface area (Å²) in [6, 6.07) is 14.1. The predicted molar refractivity (Wildman–Crippen MR) is 531 cm³/mol. The van der Waals surface area contributed by atoms with E-state index in [2.05, 4.69) is 130 Å². The second-order valence-corrected chi connectivity index (χ2v) is 55.3. The molecule has 0 aromatic heterocycles. The van der Waals surface area contributed by atoms with Gasteiger partial charge in [0, 0.05) is 56.3 Å². The van der Waals surface area contributed by atoms with Crippen molar-refractivity contribution >= 4 is 72.6 Å². The van der Waals surface area contributed by atoms with Gasteiger partial charge in [-0.1, -0.05) is 197 Å². The van der Waals surface area contributed by atoms with Crippen molar-refractivity contribution in [1.82, 2.24) is 15.1 Å². The number of hydrogen-bond acceptors (Lipinski definition) is 20. The number of amides is 5. The van der Waals surface area contributed by atoms with Crippen molar-refractivity contribution in [1.29, 1.82) is 0 Å². The largest absolute Gasteiger partial charge is 0.502 e. The minimum absolute atomic E-state index is 0.139. The smallest absolute Gasteiger partial charge is 0.407 e. The van der Waals surface area contributed by atoms with E-state index in [1.54, 1.807) is 56.3 Å². The molecule has 26 heteroatoms. The van der Waals surface area contributed by atoms with E-state index in [4.69, 9.17) is 27.5 Å². The molecule has 0 radical (unpaired) electrons. The summed E-state index contributed by atoms with van der Waals surface area (Å²) in [7, 11) is -5.20. The van der Waals surface area contributed by atoms with E-state index in [0.717, 1.165) is 148 Å². The highest BCUT2D eigenvalue weighted by molar-refractivity contribution is 6.75. The van der Waals surface area contributed by atoms with Crippen LogP contribution >= 0.6 is 0 Å². The van der Waals surface area contributed by atoms with Gasteiger partial charge in [-0.2, -0.15) is 0 Å². The zero-order valence-corrected chi connectivity index (χ0v) is 88.4. The number of hydrogen-bond donors (Lipinski definition) is 5. The van der Waals surface area contributed by atoms with Crippen LogP contribution in [0.3, 0.4) is 0 Å². The van der Waals surface area contributed by atoms with E-state index in [9.17, 15) is 58.8 Å². The average molecular weight is 1880 g/mol. The summed E-state index contributed by atoms with van der Waals surface area (Å²) >= 11 is 0. The summed E-state index contributed by atoms with van der Waals surface area (Å²) < 4.78 is 43.8. The van der Waals surface area contributed by atoms with Crippen molar-refractivity contribution in [3.8, 4) is 0 Å². The molecule has 0 spiro atoms. The second kappa shape index (κ2) is 61.0. The molecule has 0 bridgehead atoms. The van der Waals surface area contributed by atoms with Crippen molar-refractivity contribution < 1.29 is 95.7 Å². The Morgan fingerprint density at radius 3 is 1.15 bits per heavy atom. The molecule has 5 amide bonds. The predicted octanol–water partition coefficient (Wildman–Crippen LogP) is 23.4. The SMILES string of the molecule is C=CC(=O)OCC.C=COCC.CC.CC(C)(C)OC(=O)NCCC[C@@H]1CCCC[C@@H]1O.CC(C)(C)[Si](C)(C)O[C@H]1CCCC[C@H]1CCCN1C(=O)c2ccccc2C1=O.CC(C)(C)[Si](C)(C)O[C@H]1CCCC[C@H]1CO.CCOC(=O)/C=C/[C@@H]1CCCC[C@@H]1O[Si](C)(C)C(C)(C)C.CCOC(=O)[C@@H]1CCCC[C@@H]1O.O=C1c2ccccc2C(=O)N1CCC[C@@H]1CCCC[C@@H]1O. The first kappa shape index (κ1) is 120. The van der Waals surface area contributed by atoms with Crippen LogP contribution in [0, 0.1) is 35.5 Å². The lowest BCUT2D eigenvalue weighted by Crippen LogP contribution is -2.47. The molecule has 2 aliphatic heterocycles. The molecular formula is C104H181N3O20Si3. The van der Waals surface area contributed by atoms with E-state index >= 15 is 0 Å². The highest BCUT2D eigenvalue weighted by Crippen LogP contribution is 2.45. The zero-order valence-electron chi connectivity index (χ0n) is 85.4. The number of rotatable bonds is 28. The minimum atomic E-state index is -1.78. The van der Waals surface area contributed by atoms with Crippen LogP contribution < -0.4 is 5.32 Å². The number of carbonyl (C=O) groups excluding carboxylic acids is 8. The van der Waals surface area contributed by atoms with Gasteiger partial charge in [-0.3, -0.25) is 33.8 Å². The van der Waals surface area contributed by atoms with E-state index in [0.29, 0.717) is 110 Å². The quantitative estimate of drug-likeness (QED) is 0.0101. The van der Waals surface area contributed by atoms with Crippen LogP contribution in [0.1, 0.15) is 359 Å². The molecule has 6 fully saturated rings. The molecule has 6 aliphatic carbocycles. The molecule has 2 aromatic carbocycles. The van der Waals surface area contributed by atoms with Crippen LogP contribution in [0.25, 0.3) is 0 Å². The third-order valence-corrected chi connectivity index (χ3v) is 40.6. The molecule has 6 saturated carbocycles. The number of alkyl carbamates (subject to hydrolysis) is 1. The number of aliphatic hydroxyl groups excluding tert-OH is 4. The Bertz CT molecular complexity index is 3600. The maximum absolute atomic E-state index is 12.5. The molecular weight excluding hydrogens is 1700 g/mol. The number of nitrogens with zero attached hydrogens (tertiary/aromatic N) is 2. The summed E-state index contributed by atoms with van der Waals surface area (Å²) in [6.45, 7) is 61.6. The Morgan fingerprint density at radius 2 is 0.792 bits per heavy atom. The number of benzene rings is 2. The topological polar surface area (TPSA) is 310 Å². The lowest BCUT2D eigenvalue weighted by Gasteiger charge is -2.43. The average Bonchev–Trinajstić information content (AvgIpc) is 1.62. The number of esters is 3. The maximum Gasteiger partial charge on any atom is 0.407 e. The van der Waals surface area contributed by atoms with E-state index in [1.165, 1.54) is 73.8 Å². The van der Waals surface area contributed by atoms with Gasteiger partial charge in [-0.25, -0.2) is 14.4 Å². The Kier molecular flexibility index (Phi) is 56.2. The number of carbonyl (C=O) groups is 8. The van der Waals surface area contributed by atoms with Gasteiger partial charge in [0.05, 0.1) is 91.4 Å². The van der Waals surface area contributed by atoms with Crippen molar-refractivity contribution in [3.63, 3.8) is 0 Å². The van der Waals surface area contributed by atoms with E-state index in [1.807, 2.05) is 66.7 Å². The van der Waals surface area contributed by atoms with Gasteiger partial charge >= 0.3 is 24.0 Å². The molecule has 12 atom stereocenters. The van der Waals surface area contributed by atoms with Gasteiger partial charge in [0.2, 0.25) is 0 Å². The Balaban J connectivity index is 0.000000519. The Morgan fingerprint density at radius 1 is 0.446 bits per heavy atom. The highest BCUT2D eigenvalue weighted by Gasteiger charge is 2.45. The Hall–Kier alpha value is -6.21. The van der Waals surface area contributed by atoms with Crippen LogP contribution in [-0.4, -0.2) is 198 Å². The van der Waals surface area contributed by atoms with Crippen molar-refractivity contribution in [2.24, 2.45) is 35.5 Å². The molecule has 8 aliphatic rings. The van der Waals surface area contributed by atoms with Gasteiger partial charge in [0.25, 0.3) is 23.6 Å². The van der Waals surface area contributed by atoms with Crippen LogP contribution in [0.15, 0.2) is 86.2 Å². The van der Waals surface area contributed by atoms with Crippen LogP contribution in [0.5, 0.6) is 0 Å². The number of ether oxygens (including phenoxy) is 5. The minimum Gasteiger partial charge on any atom is -0.502 e. The third kappa shape index (κ3) is 42.8. The van der Waals surface area contributed by atoms with Gasteiger partial charge in [-0.15, -0.1) is 0 Å². The standard InChI is InChI=1S/C23H35NO3Si.C17H21NO3.C17H32O3Si.C14H27NO3.C13H28O2Si.C9H16O3.C5H8O2.C4H8O.C2H6/c1-23(2,3)28(4,5)27-20-15-9-6-11-17(20)12-10-16-24-21(25)18-13-7-8-14-19(18)22(24)26;19-15-10-4-1-6-12(15)7-5-11-18-16(20)13-8-2-3-9-14(13)17(18)21;1-7-19-16(18)13-12-14-10-8-9-11-15(14)20-21(5,6)17(2,3)4;1-14(2,3)18-13(17)15-10-6-8-11-7-4-5-9-12(11)16;1-13(2,3)16(4,5)15-12-9-7-6-8-11(12)10-14;1-2-12-9(11)7-5-3-4-6-8(7)10;1-3-5(6)7-4-2;1-3-5-4-2;1-2/h7-8,13-14,17,20H,6,9-12,15-16H2,1-5H3;2-3,8-9,12,15,19H,1,4-7,10-11H2;12-15H,7-11H2,1-6H3;11-12,16H,4-10H2,1-3H3,(H,15,17);11-12,14H,6-10H2,1-5H3;7-8,10H,2-6H2,1H3;3H,1,4H2,2H3;3H,1,4H2,2H3;1-2H3/b;;13-12+;;;;;;/t17-,20-;12-,15-;14-,15-;2*11-,12-;7-,8+;;;/m000001.../s1. The molecule has 23 nitrogen and oxygen atoms in total. The zero-order chi connectivity index (χ0) is 98.2. The second-order valence-electron chi connectivity index (χ2n) is 41.1. The Labute approximate surface area is 789 Å². The lowest BCUT2D eigenvalue weighted by molar-refractivity contribution is -0.153. The lowest BCUT2D eigenvalue weighted by atomic mass is 9.83. The molecule has 2 heterocycles. The molecule has 0 saturated heterocycles. The molecule has 130 heavy (non-hydrogen) atoms. The van der Waals surface area contributed by atoms with E-state index < -0.39 is 36.7 Å². The van der Waals surface area contributed by atoms with Crippen molar-refractivity contribution in [3.05, 3.63) is 108 Å². The number of aliphatic hydroxyl groups is 4. The molecule has 5 N–H and O–H groups in total. The van der Waals surface area contributed by atoms with Crippen LogP contribution in [0.4, 0.5) is 4.79 Å². The first-order chi connectivity index (χ1) is 61.1. The third-order valence-electron chi connectivity index (χ3n) is 27.1. The summed E-state index contributed by atoms with van der Waals surface area (Å²) in [4.78, 5) is 96.5. The fourth-order valence-corrected chi connectivity index (χ4v) is 20.8.